The predicted molar refractivity (Wildman–Crippen MR) is 120 cm³/mol. The number of rotatable bonds is 3. The number of imide groups is 1. The van der Waals surface area contributed by atoms with Crippen molar-refractivity contribution >= 4 is 40.2 Å². The number of hydrogen-bond acceptors (Lipinski definition) is 4. The molecule has 2 aromatic rings. The van der Waals surface area contributed by atoms with Gasteiger partial charge in [-0.15, -0.1) is 0 Å². The van der Waals surface area contributed by atoms with Crippen molar-refractivity contribution in [2.45, 2.75) is 32.9 Å². The Morgan fingerprint density at radius 2 is 1.80 bits per heavy atom. The average molecular weight is 423 g/mol. The normalized spacial score (nSPS) is 19.4. The lowest BCUT2D eigenvalue weighted by atomic mass is 9.88. The third kappa shape index (κ3) is 3.67. The minimum atomic E-state index is -0.349. The van der Waals surface area contributed by atoms with Crippen LogP contribution < -0.4 is 4.90 Å². The van der Waals surface area contributed by atoms with Gasteiger partial charge in [0, 0.05) is 18.3 Å². The summed E-state index contributed by atoms with van der Waals surface area (Å²) in [5.74, 6) is -0.670. The maximum atomic E-state index is 13.1. The Bertz CT molecular complexity index is 1100. The summed E-state index contributed by atoms with van der Waals surface area (Å²) in [6.07, 6.45) is 4.00. The van der Waals surface area contributed by atoms with Crippen LogP contribution in [0.25, 0.3) is 11.6 Å². The first-order valence-corrected chi connectivity index (χ1v) is 10.5. The average Bonchev–Trinajstić information content (AvgIpc) is 2.95. The van der Waals surface area contributed by atoms with Crippen LogP contribution >= 0.6 is 11.8 Å². The molecule has 2 aromatic carbocycles. The number of fused-ring (bicyclic) bond motifs is 1. The van der Waals surface area contributed by atoms with Gasteiger partial charge in [0.1, 0.15) is 5.82 Å². The van der Waals surface area contributed by atoms with Crippen molar-refractivity contribution in [3.05, 3.63) is 76.0 Å². The molecule has 2 aliphatic heterocycles. The highest BCUT2D eigenvalue weighted by atomic mass is 32.2. The molecule has 2 heterocycles. The third-order valence-corrected chi connectivity index (χ3v) is 6.57. The standard InChI is InChI=1S/C24H23FN2O2S/c1-15-13-24(2,3)26(4)20-10-7-17(11-19(15)20)12-21-22(28)27(23(29)30-21)14-16-5-8-18(25)9-6-16/h5-13H,14H2,1-4H3/b21-12+. The van der Waals surface area contributed by atoms with Crippen LogP contribution in [0.15, 0.2) is 53.4 Å². The molecule has 4 nitrogen and oxygen atoms in total. The lowest BCUT2D eigenvalue weighted by Gasteiger charge is -2.40. The molecule has 0 atom stereocenters. The number of carbonyl (C=O) groups excluding carboxylic acids is 2. The summed E-state index contributed by atoms with van der Waals surface area (Å²) >= 11 is 0.937. The van der Waals surface area contributed by atoms with E-state index in [9.17, 15) is 14.0 Å². The minimum Gasteiger partial charge on any atom is -0.366 e. The van der Waals surface area contributed by atoms with E-state index in [-0.39, 0.29) is 29.0 Å². The van der Waals surface area contributed by atoms with Gasteiger partial charge in [0.25, 0.3) is 11.1 Å². The van der Waals surface area contributed by atoms with Gasteiger partial charge in [-0.1, -0.05) is 24.3 Å². The molecule has 4 rings (SSSR count). The van der Waals surface area contributed by atoms with E-state index in [2.05, 4.69) is 50.9 Å². The van der Waals surface area contributed by atoms with Crippen LogP contribution in [0.4, 0.5) is 14.9 Å². The van der Waals surface area contributed by atoms with Gasteiger partial charge in [-0.25, -0.2) is 4.39 Å². The number of thioether (sulfide) groups is 1. The summed E-state index contributed by atoms with van der Waals surface area (Å²) in [6, 6.07) is 11.9. The summed E-state index contributed by atoms with van der Waals surface area (Å²) in [4.78, 5) is 29.0. The van der Waals surface area contributed by atoms with Crippen LogP contribution in [0, 0.1) is 5.82 Å². The minimum absolute atomic E-state index is 0.0678. The second-order valence-electron chi connectivity index (χ2n) is 8.21. The van der Waals surface area contributed by atoms with Crippen LogP contribution in [-0.2, 0) is 11.3 Å². The van der Waals surface area contributed by atoms with Crippen LogP contribution in [-0.4, -0.2) is 28.6 Å². The first kappa shape index (κ1) is 20.4. The maximum Gasteiger partial charge on any atom is 0.293 e. The van der Waals surface area contributed by atoms with Crippen LogP contribution in [0.5, 0.6) is 0 Å². The highest BCUT2D eigenvalue weighted by molar-refractivity contribution is 8.18. The van der Waals surface area contributed by atoms with Gasteiger partial charge >= 0.3 is 0 Å². The summed E-state index contributed by atoms with van der Waals surface area (Å²) in [5.41, 5.74) is 4.97. The van der Waals surface area contributed by atoms with E-state index in [4.69, 9.17) is 0 Å². The number of nitrogens with zero attached hydrogens (tertiary/aromatic N) is 2. The first-order chi connectivity index (χ1) is 14.2. The molecule has 0 radical (unpaired) electrons. The third-order valence-electron chi connectivity index (χ3n) is 5.67. The molecule has 0 aliphatic carbocycles. The summed E-state index contributed by atoms with van der Waals surface area (Å²) in [7, 11) is 2.07. The largest absolute Gasteiger partial charge is 0.366 e. The lowest BCUT2D eigenvalue weighted by Crippen LogP contribution is -2.42. The van der Waals surface area contributed by atoms with Gasteiger partial charge in [0.2, 0.25) is 0 Å². The Kier molecular flexibility index (Phi) is 5.06. The molecule has 1 saturated heterocycles. The molecular formula is C24H23FN2O2S. The highest BCUT2D eigenvalue weighted by Crippen LogP contribution is 2.39. The maximum absolute atomic E-state index is 13.1. The number of halogens is 1. The SMILES string of the molecule is CC1=CC(C)(C)N(C)c2ccc(/C=C3/SC(=O)N(Cc4ccc(F)cc4)C3=O)cc21. The Hall–Kier alpha value is -2.86. The van der Waals surface area contributed by atoms with Crippen LogP contribution in [0.3, 0.4) is 0 Å². The van der Waals surface area contributed by atoms with Crippen molar-refractivity contribution < 1.29 is 14.0 Å². The highest BCUT2D eigenvalue weighted by Gasteiger charge is 2.35. The topological polar surface area (TPSA) is 40.6 Å². The van der Waals surface area contributed by atoms with Crippen LogP contribution in [0.2, 0.25) is 0 Å². The number of allylic oxidation sites excluding steroid dienone is 1. The molecule has 1 fully saturated rings. The summed E-state index contributed by atoms with van der Waals surface area (Å²) in [5, 5.41) is -0.314. The lowest BCUT2D eigenvalue weighted by molar-refractivity contribution is -0.123. The van der Waals surface area contributed by atoms with Gasteiger partial charge in [-0.2, -0.15) is 0 Å². The van der Waals surface area contributed by atoms with Crippen molar-refractivity contribution in [2.75, 3.05) is 11.9 Å². The number of carbonyl (C=O) groups is 2. The molecule has 154 valence electrons. The van der Waals surface area contributed by atoms with E-state index in [0.717, 1.165) is 28.6 Å². The molecular weight excluding hydrogens is 399 g/mol. The molecule has 2 aliphatic rings. The monoisotopic (exact) mass is 422 g/mol. The zero-order valence-corrected chi connectivity index (χ0v) is 18.2. The summed E-state index contributed by atoms with van der Waals surface area (Å²) < 4.78 is 13.1. The Balaban J connectivity index is 1.60. The van der Waals surface area contributed by atoms with E-state index in [0.29, 0.717) is 10.5 Å². The summed E-state index contributed by atoms with van der Waals surface area (Å²) in [6.45, 7) is 6.57. The Morgan fingerprint density at radius 1 is 1.10 bits per heavy atom. The second-order valence-corrected chi connectivity index (χ2v) is 9.20. The Labute approximate surface area is 180 Å². The zero-order valence-electron chi connectivity index (χ0n) is 17.4. The molecule has 0 spiro atoms. The number of anilines is 1. The number of benzene rings is 2. The molecule has 0 bridgehead atoms. The van der Waals surface area contributed by atoms with Crippen molar-refractivity contribution in [3.8, 4) is 0 Å². The van der Waals surface area contributed by atoms with Crippen molar-refractivity contribution in [2.24, 2.45) is 0 Å². The van der Waals surface area contributed by atoms with Crippen LogP contribution in [0.1, 0.15) is 37.5 Å². The molecule has 2 amide bonds. The number of likely N-dealkylation sites (N-methyl/N-ethyl adjacent to an activating group) is 1. The smallest absolute Gasteiger partial charge is 0.293 e. The van der Waals surface area contributed by atoms with Gasteiger partial charge < -0.3 is 4.90 Å². The van der Waals surface area contributed by atoms with Crippen molar-refractivity contribution in [1.29, 1.82) is 0 Å². The van der Waals surface area contributed by atoms with Crippen molar-refractivity contribution in [3.63, 3.8) is 0 Å². The Morgan fingerprint density at radius 3 is 2.50 bits per heavy atom. The van der Waals surface area contributed by atoms with Gasteiger partial charge in [0.05, 0.1) is 17.0 Å². The zero-order chi connectivity index (χ0) is 21.6. The fourth-order valence-electron chi connectivity index (χ4n) is 3.83. The first-order valence-electron chi connectivity index (χ1n) is 9.73. The fourth-order valence-corrected chi connectivity index (χ4v) is 4.66. The van der Waals surface area contributed by atoms with E-state index >= 15 is 0 Å². The number of amides is 2. The van der Waals surface area contributed by atoms with Gasteiger partial charge in [-0.3, -0.25) is 14.5 Å². The quantitative estimate of drug-likeness (QED) is 0.596. The number of hydrogen-bond donors (Lipinski definition) is 0. The van der Waals surface area contributed by atoms with E-state index in [1.165, 1.54) is 22.6 Å². The molecule has 6 heteroatoms. The van der Waals surface area contributed by atoms with E-state index in [1.807, 2.05) is 6.07 Å². The molecule has 0 unspecified atom stereocenters. The second kappa shape index (κ2) is 7.43. The van der Waals surface area contributed by atoms with E-state index < -0.39 is 0 Å². The fraction of sp³-hybridized carbons (Fsp3) is 0.250. The molecule has 0 N–H and O–H groups in total. The molecule has 30 heavy (non-hydrogen) atoms. The van der Waals surface area contributed by atoms with Gasteiger partial charge in [-0.05, 0) is 79.6 Å². The van der Waals surface area contributed by atoms with E-state index in [1.54, 1.807) is 18.2 Å². The molecule has 0 saturated carbocycles. The van der Waals surface area contributed by atoms with Crippen molar-refractivity contribution in [1.82, 2.24) is 4.90 Å². The van der Waals surface area contributed by atoms with Gasteiger partial charge in [0.15, 0.2) is 0 Å². The molecule has 0 aromatic heterocycles. The predicted octanol–water partition coefficient (Wildman–Crippen LogP) is 5.69.